The van der Waals surface area contributed by atoms with Crippen LogP contribution in [0.1, 0.15) is 55.4 Å². The molecule has 3 rings (SSSR count). The summed E-state index contributed by atoms with van der Waals surface area (Å²) in [5.74, 6) is -0.744. The molecule has 3 aromatic carbocycles. The van der Waals surface area contributed by atoms with E-state index in [2.05, 4.69) is 5.32 Å². The van der Waals surface area contributed by atoms with Crippen molar-refractivity contribution in [1.29, 1.82) is 0 Å². The average molecular weight is 598 g/mol. The van der Waals surface area contributed by atoms with Crippen molar-refractivity contribution in [3.63, 3.8) is 0 Å². The Bertz CT molecular complexity index is 1440. The van der Waals surface area contributed by atoms with Crippen molar-refractivity contribution < 1.29 is 18.0 Å². The monoisotopic (exact) mass is 597 g/mol. The minimum atomic E-state index is -4.16. The molecule has 0 fully saturated rings. The molecule has 41 heavy (non-hydrogen) atoms. The zero-order valence-electron chi connectivity index (χ0n) is 24.5. The topological polar surface area (TPSA) is 86.8 Å². The van der Waals surface area contributed by atoms with E-state index in [4.69, 9.17) is 11.6 Å². The van der Waals surface area contributed by atoms with Gasteiger partial charge in [0, 0.05) is 18.1 Å². The molecule has 0 spiro atoms. The van der Waals surface area contributed by atoms with Gasteiger partial charge in [0.1, 0.15) is 12.6 Å². The van der Waals surface area contributed by atoms with Crippen molar-refractivity contribution in [1.82, 2.24) is 10.2 Å². The van der Waals surface area contributed by atoms with Crippen LogP contribution < -0.4 is 9.62 Å². The molecule has 0 saturated heterocycles. The molecule has 0 aromatic heterocycles. The number of aryl methyl sites for hydroxylation is 3. The summed E-state index contributed by atoms with van der Waals surface area (Å²) in [7, 11) is -4.16. The molecule has 0 unspecified atom stereocenters. The van der Waals surface area contributed by atoms with Crippen LogP contribution >= 0.6 is 11.6 Å². The lowest BCUT2D eigenvalue weighted by Crippen LogP contribution is -2.52. The average Bonchev–Trinajstić information content (AvgIpc) is 2.94. The molecule has 0 aliphatic carbocycles. The number of hydrogen-bond donors (Lipinski definition) is 1. The number of halogens is 1. The molecule has 0 heterocycles. The van der Waals surface area contributed by atoms with Crippen LogP contribution in [0.3, 0.4) is 0 Å². The first-order chi connectivity index (χ1) is 19.5. The molecule has 7 nitrogen and oxygen atoms in total. The Balaban J connectivity index is 2.07. The van der Waals surface area contributed by atoms with Crippen LogP contribution in [0, 0.1) is 20.8 Å². The van der Waals surface area contributed by atoms with E-state index in [-0.39, 0.29) is 17.3 Å². The maximum Gasteiger partial charge on any atom is 0.264 e. The number of carbonyl (C=O) groups is 2. The molecular weight excluding hydrogens is 558 g/mol. The van der Waals surface area contributed by atoms with Crippen LogP contribution in [0.4, 0.5) is 5.69 Å². The molecule has 0 saturated carbocycles. The van der Waals surface area contributed by atoms with E-state index >= 15 is 0 Å². The molecule has 0 radical (unpaired) electrons. The first-order valence-electron chi connectivity index (χ1n) is 14.0. The van der Waals surface area contributed by atoms with Crippen molar-refractivity contribution in [2.24, 2.45) is 0 Å². The van der Waals surface area contributed by atoms with Gasteiger partial charge in [-0.1, -0.05) is 85.5 Å². The van der Waals surface area contributed by atoms with Gasteiger partial charge in [0.15, 0.2) is 0 Å². The van der Waals surface area contributed by atoms with Crippen molar-refractivity contribution in [2.45, 2.75) is 71.4 Å². The van der Waals surface area contributed by atoms with Gasteiger partial charge in [0.05, 0.1) is 10.6 Å². The van der Waals surface area contributed by atoms with Crippen molar-refractivity contribution in [2.75, 3.05) is 17.4 Å². The molecule has 1 N–H and O–H groups in total. The SMILES string of the molecule is CCCCNC(=O)[C@H](CC)N(Cc1ccc(C)cc1)C(=O)CN(c1cc(Cl)ccc1C)S(=O)(=O)c1ccc(C)cc1. The summed E-state index contributed by atoms with van der Waals surface area (Å²) >= 11 is 6.30. The number of rotatable bonds is 13. The van der Waals surface area contributed by atoms with Gasteiger partial charge in [-0.05, 0) is 69.0 Å². The molecule has 0 bridgehead atoms. The Morgan fingerprint density at radius 1 is 0.902 bits per heavy atom. The number of amides is 2. The highest BCUT2D eigenvalue weighted by molar-refractivity contribution is 7.92. The molecule has 3 aromatic rings. The van der Waals surface area contributed by atoms with E-state index in [0.29, 0.717) is 29.2 Å². The van der Waals surface area contributed by atoms with E-state index < -0.39 is 28.5 Å². The highest BCUT2D eigenvalue weighted by Crippen LogP contribution is 2.30. The van der Waals surface area contributed by atoms with Gasteiger partial charge in [-0.25, -0.2) is 8.42 Å². The standard InChI is InChI=1S/C32H40ClN3O4S/c1-6-8-19-34-32(38)29(7-2)35(21-26-14-9-23(3)10-15-26)31(37)22-36(30-20-27(33)16-13-25(30)5)41(39,40)28-17-11-24(4)12-18-28/h9-18,20,29H,6-8,19,21-22H2,1-5H3,(H,34,38)/t29-/m0/s1. The fourth-order valence-electron chi connectivity index (χ4n) is 4.52. The lowest BCUT2D eigenvalue weighted by Gasteiger charge is -2.33. The fourth-order valence-corrected chi connectivity index (χ4v) is 6.15. The van der Waals surface area contributed by atoms with Gasteiger partial charge in [-0.2, -0.15) is 0 Å². The third kappa shape index (κ3) is 8.33. The number of benzene rings is 3. The van der Waals surface area contributed by atoms with Crippen molar-refractivity contribution >= 4 is 39.1 Å². The predicted octanol–water partition coefficient (Wildman–Crippen LogP) is 6.18. The Labute approximate surface area is 249 Å². The third-order valence-corrected chi connectivity index (χ3v) is 9.03. The summed E-state index contributed by atoms with van der Waals surface area (Å²) in [5.41, 5.74) is 3.78. The second-order valence-electron chi connectivity index (χ2n) is 10.3. The first kappa shape index (κ1) is 32.2. The highest BCUT2D eigenvalue weighted by atomic mass is 35.5. The highest BCUT2D eigenvalue weighted by Gasteiger charge is 2.34. The number of nitrogens with zero attached hydrogens (tertiary/aromatic N) is 2. The maximum absolute atomic E-state index is 14.2. The summed E-state index contributed by atoms with van der Waals surface area (Å²) in [4.78, 5) is 29.0. The van der Waals surface area contributed by atoms with Crippen LogP contribution in [-0.4, -0.2) is 44.3 Å². The first-order valence-corrected chi connectivity index (χ1v) is 15.8. The van der Waals surface area contributed by atoms with Gasteiger partial charge in [-0.3, -0.25) is 13.9 Å². The van der Waals surface area contributed by atoms with Crippen molar-refractivity contribution in [3.8, 4) is 0 Å². The van der Waals surface area contributed by atoms with Gasteiger partial charge >= 0.3 is 0 Å². The van der Waals surface area contributed by atoms with Crippen LogP contribution in [-0.2, 0) is 26.2 Å². The molecule has 1 atom stereocenters. The molecule has 220 valence electrons. The Morgan fingerprint density at radius 2 is 1.51 bits per heavy atom. The van der Waals surface area contributed by atoms with Gasteiger partial charge in [-0.15, -0.1) is 0 Å². The number of carbonyl (C=O) groups excluding carboxylic acids is 2. The maximum atomic E-state index is 14.2. The Hall–Kier alpha value is -3.36. The summed E-state index contributed by atoms with van der Waals surface area (Å²) in [5, 5.41) is 3.29. The largest absolute Gasteiger partial charge is 0.354 e. The molecule has 2 amide bonds. The summed E-state index contributed by atoms with van der Waals surface area (Å²) in [6.07, 6.45) is 2.12. The quantitative estimate of drug-likeness (QED) is 0.238. The van der Waals surface area contributed by atoms with E-state index in [1.165, 1.54) is 17.0 Å². The zero-order chi connectivity index (χ0) is 30.2. The summed E-state index contributed by atoms with van der Waals surface area (Å²) in [6.45, 7) is 9.68. The number of unbranched alkanes of at least 4 members (excludes halogenated alkanes) is 1. The van der Waals surface area contributed by atoms with E-state index in [9.17, 15) is 18.0 Å². The van der Waals surface area contributed by atoms with E-state index in [1.54, 1.807) is 37.3 Å². The van der Waals surface area contributed by atoms with Gasteiger partial charge in [0.25, 0.3) is 10.0 Å². The van der Waals surface area contributed by atoms with Gasteiger partial charge < -0.3 is 10.2 Å². The minimum absolute atomic E-state index is 0.0599. The fraction of sp³-hybridized carbons (Fsp3) is 0.375. The van der Waals surface area contributed by atoms with Crippen LogP contribution in [0.5, 0.6) is 0 Å². The van der Waals surface area contributed by atoms with Crippen LogP contribution in [0.2, 0.25) is 5.02 Å². The second-order valence-corrected chi connectivity index (χ2v) is 12.6. The minimum Gasteiger partial charge on any atom is -0.354 e. The molecule has 0 aliphatic heterocycles. The number of anilines is 1. The third-order valence-electron chi connectivity index (χ3n) is 7.02. The molecular formula is C32H40ClN3O4S. The van der Waals surface area contributed by atoms with E-state index in [1.807, 2.05) is 52.0 Å². The van der Waals surface area contributed by atoms with Crippen molar-refractivity contribution in [3.05, 3.63) is 94.0 Å². The Kier molecular flexibility index (Phi) is 11.4. The number of hydrogen-bond acceptors (Lipinski definition) is 4. The normalized spacial score (nSPS) is 12.0. The number of sulfonamides is 1. The smallest absolute Gasteiger partial charge is 0.264 e. The lowest BCUT2D eigenvalue weighted by atomic mass is 10.1. The van der Waals surface area contributed by atoms with Gasteiger partial charge in [0.2, 0.25) is 11.8 Å². The Morgan fingerprint density at radius 3 is 2.10 bits per heavy atom. The van der Waals surface area contributed by atoms with Crippen LogP contribution in [0.25, 0.3) is 0 Å². The van der Waals surface area contributed by atoms with E-state index in [0.717, 1.165) is 33.8 Å². The summed E-state index contributed by atoms with van der Waals surface area (Å²) in [6, 6.07) is 18.4. The zero-order valence-corrected chi connectivity index (χ0v) is 26.1. The molecule has 9 heteroatoms. The summed E-state index contributed by atoms with van der Waals surface area (Å²) < 4.78 is 29.2. The van der Waals surface area contributed by atoms with Crippen LogP contribution in [0.15, 0.2) is 71.6 Å². The lowest BCUT2D eigenvalue weighted by molar-refractivity contribution is -0.140. The predicted molar refractivity (Wildman–Crippen MR) is 166 cm³/mol. The number of nitrogens with one attached hydrogen (secondary N) is 1. The molecule has 0 aliphatic rings. The second kappa shape index (κ2) is 14.5.